The van der Waals surface area contributed by atoms with E-state index >= 15 is 0 Å². The van der Waals surface area contributed by atoms with Gasteiger partial charge in [-0.15, -0.1) is 0 Å². The Morgan fingerprint density at radius 3 is 1.06 bits per heavy atom. The molecular weight excluding hydrogens is 1750 g/mol. The average Bonchev–Trinajstić information content (AvgIpc) is 1.66. The normalized spacial score (nSPS) is 15.4. The third-order valence-corrected chi connectivity index (χ3v) is 30.5. The number of fused-ring (bicyclic) bond motifs is 11. The molecule has 145 heavy (non-hydrogen) atoms. The number of nitrogens with zero attached hydrogens (tertiary/aromatic N) is 2. The average molecular weight is 1940 g/mol. The number of furan rings is 1. The molecule has 22 rings (SSSR count). The van der Waals surface area contributed by atoms with Crippen LogP contribution >= 0.6 is 0 Å². The van der Waals surface area contributed by atoms with E-state index in [0.717, 1.165) is 73.1 Å². The van der Waals surface area contributed by atoms with Gasteiger partial charge >= 0.3 is 0 Å². The van der Waals surface area contributed by atoms with Gasteiger partial charge in [0.25, 0.3) is 0 Å². The molecule has 0 saturated carbocycles. The maximum atomic E-state index is 5.62. The summed E-state index contributed by atoms with van der Waals surface area (Å²) in [4.78, 5) is 6.97. The van der Waals surface area contributed by atoms with E-state index in [1.807, 2.05) is 30.3 Å². The minimum Gasteiger partial charge on any atom is -0.464 e. The molecule has 0 spiro atoms. The summed E-state index contributed by atoms with van der Waals surface area (Å²) in [6.45, 7) is 77.1. The Bertz CT molecular complexity index is 6310. The van der Waals surface area contributed by atoms with Crippen molar-refractivity contribution < 1.29 is 8.83 Å². The Morgan fingerprint density at radius 2 is 0.634 bits per heavy atom. The van der Waals surface area contributed by atoms with Crippen LogP contribution in [0.3, 0.4) is 0 Å². The first kappa shape index (κ1) is 113. The van der Waals surface area contributed by atoms with Gasteiger partial charge in [0.15, 0.2) is 5.58 Å². The molecule has 0 atom stereocenters. The quantitative estimate of drug-likeness (QED) is 0.152. The van der Waals surface area contributed by atoms with Crippen LogP contribution in [0.25, 0.3) is 52.4 Å². The Kier molecular flexibility index (Phi) is 36.6. The Balaban J connectivity index is 0.000000142. The van der Waals surface area contributed by atoms with E-state index in [9.17, 15) is 0 Å². The standard InChI is InChI=1S/C14H20.C13H19N.3C13H16.2C13H18.2C13H16.C12H14O.C11H13NO/c1-14(2,3)13-9-8-11-6-4-5-7-12(11)10-13;1-13(2,3)14-9-8-11-6-4-5-7-12(11)10-14;3*1-13(2,3)12-8-7-10-5-4-6-11(10)9-12;4*1-13(2,3)12-8-10-6-4-5-7-11(10)9-12;1-12(2,3)10-5-4-9-6-7-13-11(9)8-10;1-11(2,3)10-12-8-6-4-5-7-9(8)13-10/h8-10H,4-7H2,1-3H3;4-7H,8-10H2,1-3H3;4,6-9H,5H2,1-3H3;2*4-5,7-9H,6H2,1-3H3;2*4-7,12H,8-9H2,1-3H3;2*4-8H,9H2,1-3H3;4-8H,1-3H3;4-7H,1-3H3. The maximum absolute atomic E-state index is 5.62. The lowest BCUT2D eigenvalue weighted by Crippen LogP contribution is -2.44. The van der Waals surface area contributed by atoms with Gasteiger partial charge in [0.1, 0.15) is 11.1 Å². The highest BCUT2D eigenvalue weighted by Crippen LogP contribution is 2.43. The summed E-state index contributed by atoms with van der Waals surface area (Å²) < 4.78 is 11.0. The number of rotatable bonds is 0. The molecule has 11 aromatic carbocycles. The first-order valence-corrected chi connectivity index (χ1v) is 54.7. The highest BCUT2D eigenvalue weighted by Gasteiger charge is 2.34. The molecule has 768 valence electrons. The largest absolute Gasteiger partial charge is 0.464 e. The number of oxazole rings is 1. The molecule has 0 amide bonds. The highest BCUT2D eigenvalue weighted by atomic mass is 16.3. The number of hydrogen-bond acceptors (Lipinski definition) is 4. The fraction of sp³-hybridized carbons (Fsp3) is 0.440. The van der Waals surface area contributed by atoms with E-state index in [0.29, 0.717) is 32.6 Å². The summed E-state index contributed by atoms with van der Waals surface area (Å²) in [5, 5.41) is 1.17. The van der Waals surface area contributed by atoms with Crippen molar-refractivity contribution in [2.45, 2.75) is 363 Å². The molecule has 0 unspecified atom stereocenters. The molecular formula is C141H182N2O2. The molecule has 0 N–H and O–H groups in total. The number of benzene rings is 11. The van der Waals surface area contributed by atoms with E-state index in [2.05, 4.69) is 499 Å². The van der Waals surface area contributed by atoms with Gasteiger partial charge in [-0.1, -0.05) is 486 Å². The van der Waals surface area contributed by atoms with Crippen molar-refractivity contribution in [3.8, 4) is 0 Å². The second-order valence-corrected chi connectivity index (χ2v) is 53.6. The molecule has 0 saturated heterocycles. The molecule has 2 aromatic heterocycles. The van der Waals surface area contributed by atoms with Crippen LogP contribution in [-0.4, -0.2) is 22.0 Å². The summed E-state index contributed by atoms with van der Waals surface area (Å²) in [6, 6.07) is 87.7. The number of hydrogen-bond donors (Lipinski definition) is 0. The van der Waals surface area contributed by atoms with E-state index in [1.54, 1.807) is 50.8 Å². The number of allylic oxidation sites excluding steroid dienone is 5. The van der Waals surface area contributed by atoms with Gasteiger partial charge in [0, 0.05) is 29.4 Å². The van der Waals surface area contributed by atoms with Gasteiger partial charge in [0.2, 0.25) is 5.89 Å². The van der Waals surface area contributed by atoms with Crippen LogP contribution in [0.2, 0.25) is 0 Å². The molecule has 13 aromatic rings. The monoisotopic (exact) mass is 1940 g/mol. The van der Waals surface area contributed by atoms with Crippen molar-refractivity contribution in [1.82, 2.24) is 9.88 Å². The molecule has 0 fully saturated rings. The topological polar surface area (TPSA) is 42.4 Å². The molecule has 3 heterocycles. The second kappa shape index (κ2) is 47.1. The predicted octanol–water partition coefficient (Wildman–Crippen LogP) is 38.5. The molecule has 1 aliphatic heterocycles. The van der Waals surface area contributed by atoms with Crippen LogP contribution in [0, 0.1) is 33.5 Å². The first-order chi connectivity index (χ1) is 67.8. The SMILES string of the molecule is CC(C)(C)C1=Cc2ccccc2C1.CC(C)(C)C1=Cc2ccccc2C1.CC(C)(C)C1Cc2ccccc2C1.CC(C)(C)C1Cc2ccccc2C1.CC(C)(C)N1CCc2ccccc2C1.CC(C)(C)c1ccc2c(c1)C=CC2.CC(C)(C)c1ccc2c(c1)CC=C2.CC(C)(C)c1ccc2c(c1)CC=C2.CC(C)(C)c1ccc2c(c1)CCCC2.CC(C)(C)c1ccc2ccoc2c1.CC(C)(C)c1nc2ccccc2o1. The van der Waals surface area contributed by atoms with E-state index < -0.39 is 0 Å². The number of aryl methyl sites for hydroxylation is 2. The molecule has 0 bridgehead atoms. The van der Waals surface area contributed by atoms with Gasteiger partial charge in [-0.25, -0.2) is 4.98 Å². The van der Waals surface area contributed by atoms with E-state index in [-0.39, 0.29) is 27.1 Å². The Labute approximate surface area is 880 Å². The Morgan fingerprint density at radius 1 is 0.276 bits per heavy atom. The van der Waals surface area contributed by atoms with Gasteiger partial charge in [-0.05, 0) is 323 Å². The fourth-order valence-corrected chi connectivity index (χ4v) is 19.9. The van der Waals surface area contributed by atoms with Gasteiger partial charge in [0.05, 0.1) is 6.26 Å². The minimum atomic E-state index is -0.0149. The maximum Gasteiger partial charge on any atom is 0.200 e. The van der Waals surface area contributed by atoms with Crippen molar-refractivity contribution in [3.05, 3.63) is 412 Å². The molecule has 0 radical (unpaired) electrons. The van der Waals surface area contributed by atoms with Crippen molar-refractivity contribution in [2.75, 3.05) is 6.54 Å². The van der Waals surface area contributed by atoms with Crippen molar-refractivity contribution >= 4 is 52.4 Å². The molecule has 9 aliphatic rings. The van der Waals surface area contributed by atoms with Gasteiger partial charge < -0.3 is 8.83 Å². The van der Waals surface area contributed by atoms with Crippen LogP contribution in [0.1, 0.15) is 375 Å². The van der Waals surface area contributed by atoms with Crippen LogP contribution in [-0.2, 0) is 116 Å². The highest BCUT2D eigenvalue weighted by molar-refractivity contribution is 5.78. The zero-order valence-corrected chi connectivity index (χ0v) is 96.0. The lowest BCUT2D eigenvalue weighted by atomic mass is 9.79. The first-order valence-electron chi connectivity index (χ1n) is 54.7. The van der Waals surface area contributed by atoms with Crippen LogP contribution in [0.4, 0.5) is 0 Å². The third-order valence-electron chi connectivity index (χ3n) is 30.5. The fourth-order valence-electron chi connectivity index (χ4n) is 19.9. The second-order valence-electron chi connectivity index (χ2n) is 53.6. The van der Waals surface area contributed by atoms with Crippen LogP contribution < -0.4 is 0 Å². The van der Waals surface area contributed by atoms with Gasteiger partial charge in [-0.3, -0.25) is 4.90 Å². The van der Waals surface area contributed by atoms with Crippen molar-refractivity contribution in [1.29, 1.82) is 0 Å². The smallest absolute Gasteiger partial charge is 0.200 e. The van der Waals surface area contributed by atoms with Crippen molar-refractivity contribution in [2.24, 2.45) is 33.5 Å². The third kappa shape index (κ3) is 32.3. The summed E-state index contributed by atoms with van der Waals surface area (Å²) >= 11 is 0. The summed E-state index contributed by atoms with van der Waals surface area (Å²) in [5.74, 6) is 2.48. The lowest BCUT2D eigenvalue weighted by Gasteiger charge is -2.39. The summed E-state index contributed by atoms with van der Waals surface area (Å²) in [6.07, 6.45) is 37.0. The Hall–Kier alpha value is -10.9. The van der Waals surface area contributed by atoms with Gasteiger partial charge in [-0.2, -0.15) is 0 Å². The summed E-state index contributed by atoms with van der Waals surface area (Å²) in [7, 11) is 0. The van der Waals surface area contributed by atoms with E-state index in [4.69, 9.17) is 8.83 Å². The zero-order valence-electron chi connectivity index (χ0n) is 96.0. The van der Waals surface area contributed by atoms with Crippen LogP contribution in [0.15, 0.2) is 287 Å². The molecule has 8 aliphatic carbocycles. The zero-order chi connectivity index (χ0) is 106. The molecule has 4 nitrogen and oxygen atoms in total. The van der Waals surface area contributed by atoms with Crippen LogP contribution in [0.5, 0.6) is 0 Å². The number of para-hydroxylation sites is 2. The predicted molar refractivity (Wildman–Crippen MR) is 632 cm³/mol. The molecule has 4 heteroatoms. The number of aromatic nitrogens is 1. The van der Waals surface area contributed by atoms with Crippen molar-refractivity contribution in [3.63, 3.8) is 0 Å². The van der Waals surface area contributed by atoms with E-state index in [1.165, 1.54) is 164 Å². The minimum absolute atomic E-state index is 0.0149. The summed E-state index contributed by atoms with van der Waals surface area (Å²) in [5.41, 5.74) is 43.1. The lowest BCUT2D eigenvalue weighted by molar-refractivity contribution is 0.121.